The maximum atomic E-state index is 12.9. The first kappa shape index (κ1) is 19.5. The number of halogens is 1. The molecule has 0 saturated carbocycles. The number of piperidine rings is 1. The highest BCUT2D eigenvalue weighted by atomic mass is 32.2. The van der Waals surface area contributed by atoms with Gasteiger partial charge in [-0.05, 0) is 42.2 Å². The summed E-state index contributed by atoms with van der Waals surface area (Å²) in [5, 5.41) is 5.91. The Morgan fingerprint density at radius 1 is 1.30 bits per heavy atom. The van der Waals surface area contributed by atoms with E-state index in [0.717, 1.165) is 10.5 Å². The number of benzene rings is 2. The fourth-order valence-corrected chi connectivity index (χ4v) is 3.27. The minimum absolute atomic E-state index is 0.0716. The van der Waals surface area contributed by atoms with Gasteiger partial charge >= 0.3 is 0 Å². The predicted molar refractivity (Wildman–Crippen MR) is 103 cm³/mol. The van der Waals surface area contributed by atoms with Crippen LogP contribution in [0.5, 0.6) is 0 Å². The summed E-state index contributed by atoms with van der Waals surface area (Å²) in [6, 6.07) is 12.9. The SMILES string of the molecule is CSc1cccc(NC(=O)C2CC(=O)C(OCc3ccc(F)cc3)CN2)c1. The molecule has 2 atom stereocenters. The van der Waals surface area contributed by atoms with Gasteiger partial charge < -0.3 is 15.4 Å². The van der Waals surface area contributed by atoms with Gasteiger partial charge in [0.05, 0.1) is 12.6 Å². The quantitative estimate of drug-likeness (QED) is 0.745. The summed E-state index contributed by atoms with van der Waals surface area (Å²) in [6.07, 6.45) is 1.43. The number of rotatable bonds is 6. The fraction of sp³-hybridized carbons (Fsp3) is 0.300. The van der Waals surface area contributed by atoms with E-state index in [9.17, 15) is 14.0 Å². The second kappa shape index (κ2) is 9.12. The zero-order valence-electron chi connectivity index (χ0n) is 14.9. The van der Waals surface area contributed by atoms with Gasteiger partial charge in [0.1, 0.15) is 11.9 Å². The van der Waals surface area contributed by atoms with Crippen molar-refractivity contribution in [1.82, 2.24) is 5.32 Å². The third-order valence-corrected chi connectivity index (χ3v) is 5.06. The number of ether oxygens (including phenoxy) is 1. The summed E-state index contributed by atoms with van der Waals surface area (Å²) >= 11 is 1.59. The molecular formula is C20H21FN2O3S. The Morgan fingerprint density at radius 3 is 2.78 bits per heavy atom. The summed E-state index contributed by atoms with van der Waals surface area (Å²) in [4.78, 5) is 25.8. The molecule has 1 saturated heterocycles. The Labute approximate surface area is 161 Å². The van der Waals surface area contributed by atoms with Crippen LogP contribution < -0.4 is 10.6 Å². The smallest absolute Gasteiger partial charge is 0.241 e. The summed E-state index contributed by atoms with van der Waals surface area (Å²) in [7, 11) is 0. The lowest BCUT2D eigenvalue weighted by molar-refractivity contribution is -0.137. The molecule has 0 aliphatic carbocycles. The normalized spacial score (nSPS) is 19.7. The van der Waals surface area contributed by atoms with Crippen LogP contribution in [0.15, 0.2) is 53.4 Å². The number of thioether (sulfide) groups is 1. The maximum absolute atomic E-state index is 12.9. The number of hydrogen-bond acceptors (Lipinski definition) is 5. The van der Waals surface area contributed by atoms with Crippen molar-refractivity contribution in [3.63, 3.8) is 0 Å². The molecule has 3 rings (SSSR count). The molecule has 1 heterocycles. The topological polar surface area (TPSA) is 67.4 Å². The monoisotopic (exact) mass is 388 g/mol. The number of carbonyl (C=O) groups excluding carboxylic acids is 2. The number of nitrogens with one attached hydrogen (secondary N) is 2. The van der Waals surface area contributed by atoms with Gasteiger partial charge in [-0.25, -0.2) is 4.39 Å². The molecule has 1 fully saturated rings. The van der Waals surface area contributed by atoms with Crippen LogP contribution in [0, 0.1) is 5.82 Å². The molecular weight excluding hydrogens is 367 g/mol. The van der Waals surface area contributed by atoms with E-state index in [4.69, 9.17) is 4.74 Å². The van der Waals surface area contributed by atoms with Gasteiger partial charge in [-0.3, -0.25) is 9.59 Å². The molecule has 2 aromatic carbocycles. The Balaban J connectivity index is 1.50. The van der Waals surface area contributed by atoms with Crippen LogP contribution in [0.4, 0.5) is 10.1 Å². The number of ketones is 1. The van der Waals surface area contributed by atoms with Crippen LogP contribution in [0.3, 0.4) is 0 Å². The maximum Gasteiger partial charge on any atom is 0.241 e. The van der Waals surface area contributed by atoms with Gasteiger partial charge in [-0.1, -0.05) is 18.2 Å². The average molecular weight is 388 g/mol. The summed E-state index contributed by atoms with van der Waals surface area (Å²) in [5.41, 5.74) is 1.49. The van der Waals surface area contributed by atoms with Gasteiger partial charge in [-0.2, -0.15) is 0 Å². The minimum atomic E-state index is -0.612. The lowest BCUT2D eigenvalue weighted by Crippen LogP contribution is -2.53. The highest BCUT2D eigenvalue weighted by Gasteiger charge is 2.32. The zero-order chi connectivity index (χ0) is 19.2. The standard InChI is InChI=1S/C20H21FN2O3S/c1-27-16-4-2-3-15(9-16)23-20(25)17-10-18(24)19(11-22-17)26-12-13-5-7-14(21)8-6-13/h2-9,17,19,22H,10-12H2,1H3,(H,23,25). The van der Waals surface area contributed by atoms with Crippen LogP contribution in [0.1, 0.15) is 12.0 Å². The van der Waals surface area contributed by atoms with E-state index in [1.54, 1.807) is 23.9 Å². The zero-order valence-corrected chi connectivity index (χ0v) is 15.7. The van der Waals surface area contributed by atoms with Crippen molar-refractivity contribution in [3.8, 4) is 0 Å². The van der Waals surface area contributed by atoms with Crippen molar-refractivity contribution in [2.45, 2.75) is 30.1 Å². The predicted octanol–water partition coefficient (Wildman–Crippen LogP) is 3.00. The molecule has 0 radical (unpaired) electrons. The summed E-state index contributed by atoms with van der Waals surface area (Å²) < 4.78 is 18.5. The van der Waals surface area contributed by atoms with Crippen molar-refractivity contribution in [3.05, 3.63) is 59.9 Å². The Morgan fingerprint density at radius 2 is 2.07 bits per heavy atom. The summed E-state index contributed by atoms with van der Waals surface area (Å²) in [5.74, 6) is -0.668. The molecule has 0 aromatic heterocycles. The van der Waals surface area contributed by atoms with E-state index in [1.807, 2.05) is 30.5 Å². The molecule has 1 aliphatic rings. The highest BCUT2D eigenvalue weighted by Crippen LogP contribution is 2.20. The molecule has 7 heteroatoms. The van der Waals surface area contributed by atoms with E-state index in [-0.39, 0.29) is 37.1 Å². The van der Waals surface area contributed by atoms with E-state index in [1.165, 1.54) is 12.1 Å². The van der Waals surface area contributed by atoms with Crippen molar-refractivity contribution in [2.24, 2.45) is 0 Å². The van der Waals surface area contributed by atoms with Crippen LogP contribution in [-0.2, 0) is 20.9 Å². The molecule has 0 bridgehead atoms. The van der Waals surface area contributed by atoms with Crippen molar-refractivity contribution in [1.29, 1.82) is 0 Å². The minimum Gasteiger partial charge on any atom is -0.364 e. The average Bonchev–Trinajstić information content (AvgIpc) is 2.68. The van der Waals surface area contributed by atoms with E-state index in [2.05, 4.69) is 10.6 Å². The first-order chi connectivity index (χ1) is 13.0. The van der Waals surface area contributed by atoms with Crippen LogP contribution in [0.2, 0.25) is 0 Å². The van der Waals surface area contributed by atoms with Crippen LogP contribution >= 0.6 is 11.8 Å². The second-order valence-electron chi connectivity index (χ2n) is 6.28. The first-order valence-electron chi connectivity index (χ1n) is 8.62. The molecule has 1 amide bonds. The molecule has 5 nitrogen and oxygen atoms in total. The van der Waals surface area contributed by atoms with Gasteiger partial charge in [-0.15, -0.1) is 11.8 Å². The Hall–Kier alpha value is -2.22. The third-order valence-electron chi connectivity index (χ3n) is 4.33. The van der Waals surface area contributed by atoms with Crippen molar-refractivity contribution < 1.29 is 18.7 Å². The van der Waals surface area contributed by atoms with Gasteiger partial charge in [0, 0.05) is 23.5 Å². The van der Waals surface area contributed by atoms with E-state index < -0.39 is 12.1 Å². The fourth-order valence-electron chi connectivity index (χ4n) is 2.81. The second-order valence-corrected chi connectivity index (χ2v) is 7.16. The lowest BCUT2D eigenvalue weighted by Gasteiger charge is -2.28. The molecule has 1 aliphatic heterocycles. The van der Waals surface area contributed by atoms with E-state index >= 15 is 0 Å². The third kappa shape index (κ3) is 5.38. The number of Topliss-reactive ketones (excluding diaryl/α,β-unsaturated/α-hetero) is 1. The van der Waals surface area contributed by atoms with Gasteiger partial charge in [0.15, 0.2) is 5.78 Å². The molecule has 0 spiro atoms. The molecule has 142 valence electrons. The highest BCUT2D eigenvalue weighted by molar-refractivity contribution is 7.98. The lowest BCUT2D eigenvalue weighted by atomic mass is 10.0. The number of hydrogen-bond donors (Lipinski definition) is 2. The molecule has 2 N–H and O–H groups in total. The largest absolute Gasteiger partial charge is 0.364 e. The molecule has 2 unspecified atom stereocenters. The van der Waals surface area contributed by atoms with Gasteiger partial charge in [0.25, 0.3) is 0 Å². The Kier molecular flexibility index (Phi) is 6.60. The molecule has 2 aromatic rings. The number of anilines is 1. The number of carbonyl (C=O) groups is 2. The van der Waals surface area contributed by atoms with Gasteiger partial charge in [0.2, 0.25) is 5.91 Å². The van der Waals surface area contributed by atoms with Crippen LogP contribution in [-0.4, -0.2) is 36.6 Å². The van der Waals surface area contributed by atoms with Crippen molar-refractivity contribution >= 4 is 29.1 Å². The van der Waals surface area contributed by atoms with E-state index in [0.29, 0.717) is 5.69 Å². The van der Waals surface area contributed by atoms with Crippen LogP contribution in [0.25, 0.3) is 0 Å². The molecule has 27 heavy (non-hydrogen) atoms. The Bertz CT molecular complexity index is 813. The number of amides is 1. The van der Waals surface area contributed by atoms with Crippen molar-refractivity contribution in [2.75, 3.05) is 18.1 Å². The summed E-state index contributed by atoms with van der Waals surface area (Å²) in [6.45, 7) is 0.486. The first-order valence-corrected chi connectivity index (χ1v) is 9.84.